The number of rotatable bonds is 6. The van der Waals surface area contributed by atoms with Gasteiger partial charge in [0.2, 0.25) is 0 Å². The first-order chi connectivity index (χ1) is 7.24. The van der Waals surface area contributed by atoms with E-state index in [0.717, 1.165) is 18.6 Å². The minimum atomic E-state index is 0.114. The van der Waals surface area contributed by atoms with E-state index >= 15 is 0 Å². The molecule has 2 N–H and O–H groups in total. The van der Waals surface area contributed by atoms with Crippen LogP contribution in [0.2, 0.25) is 0 Å². The summed E-state index contributed by atoms with van der Waals surface area (Å²) < 4.78 is 2.24. The van der Waals surface area contributed by atoms with Crippen molar-refractivity contribution >= 4 is 11.8 Å². The maximum absolute atomic E-state index is 6.06. The second kappa shape index (κ2) is 6.18. The van der Waals surface area contributed by atoms with E-state index in [2.05, 4.69) is 29.7 Å². The Morgan fingerprint density at radius 3 is 2.73 bits per heavy atom. The highest BCUT2D eigenvalue weighted by molar-refractivity contribution is 7.98. The van der Waals surface area contributed by atoms with Gasteiger partial charge in [-0.1, -0.05) is 13.8 Å². The van der Waals surface area contributed by atoms with Crippen LogP contribution in [0.3, 0.4) is 0 Å². The predicted octanol–water partition coefficient (Wildman–Crippen LogP) is 2.61. The van der Waals surface area contributed by atoms with Gasteiger partial charge in [-0.2, -0.15) is 11.8 Å². The van der Waals surface area contributed by atoms with Crippen molar-refractivity contribution < 1.29 is 0 Å². The van der Waals surface area contributed by atoms with Crippen molar-refractivity contribution in [1.82, 2.24) is 9.55 Å². The molecule has 1 rings (SSSR count). The summed E-state index contributed by atoms with van der Waals surface area (Å²) in [5.74, 6) is 1.12. The zero-order valence-electron chi connectivity index (χ0n) is 9.81. The second-order valence-corrected chi connectivity index (χ2v) is 4.67. The van der Waals surface area contributed by atoms with Crippen molar-refractivity contribution in [2.45, 2.75) is 38.8 Å². The van der Waals surface area contributed by atoms with Crippen LogP contribution in [0, 0.1) is 0 Å². The topological polar surface area (TPSA) is 43.8 Å². The van der Waals surface area contributed by atoms with Gasteiger partial charge in [0, 0.05) is 24.0 Å². The van der Waals surface area contributed by atoms with E-state index in [9.17, 15) is 0 Å². The number of thioether (sulfide) groups is 1. The molecule has 1 unspecified atom stereocenters. The van der Waals surface area contributed by atoms with Gasteiger partial charge in [-0.05, 0) is 19.1 Å². The Kier molecular flexibility index (Phi) is 5.19. The molecule has 86 valence electrons. The first-order valence-electron chi connectivity index (χ1n) is 5.50. The van der Waals surface area contributed by atoms with Crippen LogP contribution in [-0.2, 0) is 0 Å². The smallest absolute Gasteiger partial charge is 0.0951 e. The molecule has 1 heterocycles. The average molecular weight is 227 g/mol. The maximum Gasteiger partial charge on any atom is 0.0951 e. The molecule has 3 nitrogen and oxygen atoms in total. The summed E-state index contributed by atoms with van der Waals surface area (Å²) in [4.78, 5) is 4.22. The van der Waals surface area contributed by atoms with Gasteiger partial charge in [0.05, 0.1) is 12.0 Å². The van der Waals surface area contributed by atoms with E-state index in [1.807, 2.05) is 24.3 Å². The summed E-state index contributed by atoms with van der Waals surface area (Å²) in [5, 5.41) is 0. The second-order valence-electron chi connectivity index (χ2n) is 3.76. The largest absolute Gasteiger partial charge is 0.329 e. The van der Waals surface area contributed by atoms with Gasteiger partial charge in [-0.15, -0.1) is 0 Å². The normalized spacial score (nSPS) is 15.2. The third-order valence-electron chi connectivity index (χ3n) is 2.74. The highest BCUT2D eigenvalue weighted by atomic mass is 32.2. The fraction of sp³-hybridized carbons (Fsp3) is 0.727. The molecule has 0 aliphatic carbocycles. The fourth-order valence-electron chi connectivity index (χ4n) is 1.70. The Labute approximate surface area is 96.5 Å². The zero-order valence-corrected chi connectivity index (χ0v) is 10.6. The molecule has 0 amide bonds. The van der Waals surface area contributed by atoms with Crippen molar-refractivity contribution in [3.8, 4) is 0 Å². The van der Waals surface area contributed by atoms with Gasteiger partial charge < -0.3 is 10.3 Å². The van der Waals surface area contributed by atoms with Crippen LogP contribution in [0.5, 0.6) is 0 Å². The molecular formula is C11H21N3S. The third kappa shape index (κ3) is 2.98. The lowest BCUT2D eigenvalue weighted by Crippen LogP contribution is -2.19. The van der Waals surface area contributed by atoms with Gasteiger partial charge in [0.1, 0.15) is 0 Å². The maximum atomic E-state index is 6.06. The number of nitrogens with zero attached hydrogens (tertiary/aromatic N) is 2. The number of hydrogen-bond donors (Lipinski definition) is 1. The molecule has 0 aliphatic heterocycles. The molecule has 1 aromatic heterocycles. The minimum Gasteiger partial charge on any atom is -0.329 e. The van der Waals surface area contributed by atoms with E-state index < -0.39 is 0 Å². The van der Waals surface area contributed by atoms with Crippen molar-refractivity contribution in [2.24, 2.45) is 5.73 Å². The molecule has 0 saturated heterocycles. The highest BCUT2D eigenvalue weighted by Gasteiger charge is 2.15. The Morgan fingerprint density at radius 2 is 2.20 bits per heavy atom. The van der Waals surface area contributed by atoms with Crippen LogP contribution >= 0.6 is 11.8 Å². The number of hydrogen-bond acceptors (Lipinski definition) is 3. The highest BCUT2D eigenvalue weighted by Crippen LogP contribution is 2.22. The summed E-state index contributed by atoms with van der Waals surface area (Å²) in [6.07, 6.45) is 8.04. The first-order valence-corrected chi connectivity index (χ1v) is 6.90. The van der Waals surface area contributed by atoms with Crippen LogP contribution in [0.4, 0.5) is 0 Å². The molecule has 0 saturated carbocycles. The van der Waals surface area contributed by atoms with E-state index in [1.54, 1.807) is 0 Å². The van der Waals surface area contributed by atoms with Gasteiger partial charge in [0.15, 0.2) is 0 Å². The molecule has 0 radical (unpaired) electrons. The molecule has 4 heteroatoms. The summed E-state index contributed by atoms with van der Waals surface area (Å²) >= 11 is 1.87. The van der Waals surface area contributed by atoms with E-state index in [-0.39, 0.29) is 6.04 Å². The van der Waals surface area contributed by atoms with Crippen molar-refractivity contribution in [2.75, 3.05) is 12.0 Å². The van der Waals surface area contributed by atoms with Crippen molar-refractivity contribution in [3.63, 3.8) is 0 Å². The molecular weight excluding hydrogens is 206 g/mol. The van der Waals surface area contributed by atoms with E-state index in [0.29, 0.717) is 6.04 Å². The Balaban J connectivity index is 2.86. The zero-order chi connectivity index (χ0) is 11.3. The quantitative estimate of drug-likeness (QED) is 0.812. The molecule has 0 aromatic carbocycles. The Morgan fingerprint density at radius 1 is 1.47 bits per heavy atom. The van der Waals surface area contributed by atoms with Gasteiger partial charge >= 0.3 is 0 Å². The Hall–Kier alpha value is -0.480. The number of nitrogens with two attached hydrogens (primary N) is 1. The fourth-order valence-corrected chi connectivity index (χ4v) is 2.48. The van der Waals surface area contributed by atoms with Crippen molar-refractivity contribution in [1.29, 1.82) is 0 Å². The van der Waals surface area contributed by atoms with Crippen LogP contribution in [0.25, 0.3) is 0 Å². The summed E-state index contributed by atoms with van der Waals surface area (Å²) in [7, 11) is 0. The lowest BCUT2D eigenvalue weighted by molar-refractivity contribution is 0.496. The number of aromatic nitrogens is 2. The summed E-state index contributed by atoms with van der Waals surface area (Å²) in [6.45, 7) is 4.32. The standard InChI is InChI=1S/C11H21N3S/c1-4-9(7-15-3)14-8-13-6-11(14)10(12)5-2/h6,8-10H,4-5,7,12H2,1-3H3/t9?,10-/m1/s1. The molecule has 15 heavy (non-hydrogen) atoms. The van der Waals surface area contributed by atoms with Crippen LogP contribution in [0.1, 0.15) is 44.5 Å². The molecule has 0 spiro atoms. The first kappa shape index (κ1) is 12.6. The minimum absolute atomic E-state index is 0.114. The van der Waals surface area contributed by atoms with Crippen molar-refractivity contribution in [3.05, 3.63) is 18.2 Å². The molecule has 1 aromatic rings. The van der Waals surface area contributed by atoms with Crippen LogP contribution in [-0.4, -0.2) is 21.6 Å². The molecule has 0 aliphatic rings. The van der Waals surface area contributed by atoms with Gasteiger partial charge in [0.25, 0.3) is 0 Å². The number of imidazole rings is 1. The lowest BCUT2D eigenvalue weighted by atomic mass is 10.1. The van der Waals surface area contributed by atoms with Crippen LogP contribution in [0.15, 0.2) is 12.5 Å². The van der Waals surface area contributed by atoms with E-state index in [4.69, 9.17) is 5.73 Å². The van der Waals surface area contributed by atoms with Gasteiger partial charge in [-0.25, -0.2) is 4.98 Å². The monoisotopic (exact) mass is 227 g/mol. The van der Waals surface area contributed by atoms with E-state index in [1.165, 1.54) is 5.69 Å². The summed E-state index contributed by atoms with van der Waals surface area (Å²) in [5.41, 5.74) is 7.23. The SMILES string of the molecule is CCC(CSC)n1cncc1[C@H](N)CC. The molecule has 0 bridgehead atoms. The third-order valence-corrected chi connectivity index (χ3v) is 3.46. The Bertz CT molecular complexity index is 285. The molecule has 2 atom stereocenters. The van der Waals surface area contributed by atoms with Crippen LogP contribution < -0.4 is 5.73 Å². The summed E-state index contributed by atoms with van der Waals surface area (Å²) in [6, 6.07) is 0.638. The lowest BCUT2D eigenvalue weighted by Gasteiger charge is -2.20. The predicted molar refractivity (Wildman–Crippen MR) is 67.2 cm³/mol. The van der Waals surface area contributed by atoms with Gasteiger partial charge in [-0.3, -0.25) is 0 Å². The molecule has 0 fully saturated rings. The average Bonchev–Trinajstić information content (AvgIpc) is 2.73.